The lowest BCUT2D eigenvalue weighted by atomic mass is 9.88. The number of hydrogen-bond donors (Lipinski definition) is 2. The third-order valence-corrected chi connectivity index (χ3v) is 7.92. The Hall–Kier alpha value is -3.76. The summed E-state index contributed by atoms with van der Waals surface area (Å²) < 4.78 is 64.9. The molecular weight excluding hydrogens is 546 g/mol. The Labute approximate surface area is 241 Å². The van der Waals surface area contributed by atoms with Crippen LogP contribution in [0.2, 0.25) is 0 Å². The van der Waals surface area contributed by atoms with Crippen LogP contribution in [-0.4, -0.2) is 46.7 Å². The third kappa shape index (κ3) is 6.34. The minimum Gasteiger partial charge on any atom is -0.367 e. The van der Waals surface area contributed by atoms with Crippen LogP contribution in [0, 0.1) is 5.95 Å². The quantitative estimate of drug-likeness (QED) is 0.177. The first-order chi connectivity index (χ1) is 20.4. The Morgan fingerprint density at radius 1 is 0.952 bits per heavy atom. The second-order valence-corrected chi connectivity index (χ2v) is 10.9. The molecule has 2 saturated heterocycles. The predicted molar refractivity (Wildman–Crippen MR) is 155 cm³/mol. The number of benzene rings is 2. The second kappa shape index (κ2) is 12.2. The van der Waals surface area contributed by atoms with Crippen molar-refractivity contribution in [3.8, 4) is 0 Å². The van der Waals surface area contributed by atoms with E-state index < -0.39 is 18.5 Å². The smallest absolute Gasteiger partial charge is 0.367 e. The van der Waals surface area contributed by atoms with Crippen molar-refractivity contribution in [2.75, 3.05) is 25.0 Å². The van der Waals surface area contributed by atoms with E-state index in [0.29, 0.717) is 40.2 Å². The zero-order valence-corrected chi connectivity index (χ0v) is 23.1. The maximum absolute atomic E-state index is 15.3. The summed E-state index contributed by atoms with van der Waals surface area (Å²) in [5.74, 6) is -0.0190. The molecule has 2 aliphatic heterocycles. The number of rotatable bonds is 7. The summed E-state index contributed by atoms with van der Waals surface area (Å²) in [5.41, 5.74) is 2.38. The summed E-state index contributed by atoms with van der Waals surface area (Å²) in [6.45, 7) is 2.41. The average Bonchev–Trinajstić information content (AvgIpc) is 3.34. The number of ether oxygens (including phenoxy) is 1. The second-order valence-electron chi connectivity index (χ2n) is 10.9. The molecule has 0 saturated carbocycles. The van der Waals surface area contributed by atoms with Gasteiger partial charge in [0.1, 0.15) is 5.82 Å². The Bertz CT molecular complexity index is 1540. The summed E-state index contributed by atoms with van der Waals surface area (Å²) >= 11 is 0. The molecule has 0 aliphatic carbocycles. The Morgan fingerprint density at radius 3 is 2.43 bits per heavy atom. The van der Waals surface area contributed by atoms with Gasteiger partial charge in [-0.25, -0.2) is 9.67 Å². The van der Waals surface area contributed by atoms with Crippen LogP contribution < -0.4 is 10.6 Å². The van der Waals surface area contributed by atoms with E-state index in [-0.39, 0.29) is 23.2 Å². The first kappa shape index (κ1) is 28.4. The molecule has 4 aromatic rings. The zero-order chi connectivity index (χ0) is 29.1. The largest absolute Gasteiger partial charge is 0.393 e. The predicted octanol–water partition coefficient (Wildman–Crippen LogP) is 7.34. The van der Waals surface area contributed by atoms with E-state index in [1.165, 1.54) is 0 Å². The highest BCUT2D eigenvalue weighted by molar-refractivity contribution is 6.00. The third-order valence-electron chi connectivity index (χ3n) is 7.92. The number of aromatic nitrogens is 3. The number of alkyl halides is 3. The minimum atomic E-state index is -4.47. The van der Waals surface area contributed by atoms with E-state index in [4.69, 9.17) is 4.74 Å². The van der Waals surface area contributed by atoms with Crippen LogP contribution in [-0.2, 0) is 4.74 Å². The lowest BCUT2D eigenvalue weighted by Gasteiger charge is -2.24. The van der Waals surface area contributed by atoms with Gasteiger partial charge in [-0.15, -0.1) is 5.10 Å². The van der Waals surface area contributed by atoms with Gasteiger partial charge in [0, 0.05) is 24.4 Å². The topological polar surface area (TPSA) is 64.0 Å². The van der Waals surface area contributed by atoms with Gasteiger partial charge in [0.25, 0.3) is 0 Å². The minimum absolute atomic E-state index is 0.0896. The summed E-state index contributed by atoms with van der Waals surface area (Å²) in [7, 11) is 0. The van der Waals surface area contributed by atoms with Crippen LogP contribution in [0.4, 0.5) is 23.4 Å². The fourth-order valence-electron chi connectivity index (χ4n) is 5.89. The van der Waals surface area contributed by atoms with E-state index >= 15 is 4.39 Å². The first-order valence-electron chi connectivity index (χ1n) is 14.4. The Kier molecular flexibility index (Phi) is 8.26. The molecule has 0 bridgehead atoms. The molecule has 1 atom stereocenters. The van der Waals surface area contributed by atoms with Gasteiger partial charge < -0.3 is 15.4 Å². The molecule has 0 amide bonds. The number of nitrogens with zero attached hydrogens (tertiary/aromatic N) is 3. The van der Waals surface area contributed by atoms with Gasteiger partial charge in [-0.2, -0.15) is 17.6 Å². The molecule has 42 heavy (non-hydrogen) atoms. The SMILES string of the molecule is Fc1nn(C2CCCCO2)c2ccc(C(=C(CC(F)(F)F)c3ccccc3)c3ccc(NC4CCNCC4)nc3)cc12. The molecule has 2 aromatic heterocycles. The molecule has 2 fully saturated rings. The highest BCUT2D eigenvalue weighted by Crippen LogP contribution is 2.40. The number of anilines is 1. The molecular formula is C32H33F4N5O. The highest BCUT2D eigenvalue weighted by Gasteiger charge is 2.32. The van der Waals surface area contributed by atoms with Gasteiger partial charge in [-0.1, -0.05) is 36.4 Å². The first-order valence-corrected chi connectivity index (χ1v) is 14.4. The Balaban J connectivity index is 1.47. The molecule has 2 N–H and O–H groups in total. The van der Waals surface area contributed by atoms with Crippen LogP contribution >= 0.6 is 0 Å². The zero-order valence-electron chi connectivity index (χ0n) is 23.1. The van der Waals surface area contributed by atoms with Crippen molar-refractivity contribution in [2.24, 2.45) is 0 Å². The molecule has 220 valence electrons. The normalized spacial score (nSPS) is 19.1. The van der Waals surface area contributed by atoms with Gasteiger partial charge >= 0.3 is 6.18 Å². The maximum Gasteiger partial charge on any atom is 0.393 e. The number of halogens is 4. The van der Waals surface area contributed by atoms with E-state index in [2.05, 4.69) is 20.7 Å². The van der Waals surface area contributed by atoms with E-state index in [9.17, 15) is 13.2 Å². The fourth-order valence-corrected chi connectivity index (χ4v) is 5.89. The molecule has 4 heterocycles. The molecule has 6 rings (SSSR count). The van der Waals surface area contributed by atoms with Gasteiger partial charge in [-0.3, -0.25) is 0 Å². The standard InChI is InChI=1S/C32H33F4N5O/c33-31-25-18-22(9-11-27(25)41(40-31)29-8-4-5-17-42-29)30(26(19-32(34,35)36)21-6-2-1-3-7-21)23-10-12-28(38-20-23)39-24-13-15-37-16-14-24/h1-3,6-7,9-12,18,20,24,29,37H,4-5,8,13-17,19H2,(H,38,39). The van der Waals surface area contributed by atoms with Crippen molar-refractivity contribution in [1.29, 1.82) is 0 Å². The lowest BCUT2D eigenvalue weighted by molar-refractivity contribution is -0.122. The molecule has 0 spiro atoms. The maximum atomic E-state index is 15.3. The fraction of sp³-hybridized carbons (Fsp3) is 0.375. The number of nitrogens with one attached hydrogen (secondary N) is 2. The number of fused-ring (bicyclic) bond motifs is 1. The molecule has 0 radical (unpaired) electrons. The van der Waals surface area contributed by atoms with Crippen LogP contribution in [0.15, 0.2) is 66.9 Å². The summed E-state index contributed by atoms with van der Waals surface area (Å²) in [4.78, 5) is 4.58. The average molecular weight is 580 g/mol. The van der Waals surface area contributed by atoms with E-state index in [1.807, 2.05) is 0 Å². The van der Waals surface area contributed by atoms with Crippen LogP contribution in [0.1, 0.15) is 61.4 Å². The summed E-state index contributed by atoms with van der Waals surface area (Å²) in [6, 6.07) is 17.4. The molecule has 1 unspecified atom stereocenters. The Morgan fingerprint density at radius 2 is 1.74 bits per heavy atom. The van der Waals surface area contributed by atoms with Crippen molar-refractivity contribution in [3.05, 3.63) is 89.5 Å². The van der Waals surface area contributed by atoms with Crippen molar-refractivity contribution >= 4 is 27.9 Å². The van der Waals surface area contributed by atoms with Crippen molar-refractivity contribution < 1.29 is 22.3 Å². The number of allylic oxidation sites excluding steroid dienone is 1. The summed E-state index contributed by atoms with van der Waals surface area (Å²) in [6.07, 6.45) is 0.127. The highest BCUT2D eigenvalue weighted by atomic mass is 19.4. The lowest BCUT2D eigenvalue weighted by Crippen LogP contribution is -2.35. The van der Waals surface area contributed by atoms with E-state index in [1.54, 1.807) is 71.5 Å². The van der Waals surface area contributed by atoms with E-state index in [0.717, 1.165) is 45.2 Å². The molecule has 2 aliphatic rings. The van der Waals surface area contributed by atoms with Crippen LogP contribution in [0.5, 0.6) is 0 Å². The van der Waals surface area contributed by atoms with Crippen molar-refractivity contribution in [3.63, 3.8) is 0 Å². The van der Waals surface area contributed by atoms with Gasteiger partial charge in [0.15, 0.2) is 6.23 Å². The van der Waals surface area contributed by atoms with Crippen molar-refractivity contribution in [1.82, 2.24) is 20.1 Å². The van der Waals surface area contributed by atoms with Gasteiger partial charge in [0.05, 0.1) is 17.3 Å². The summed E-state index contributed by atoms with van der Waals surface area (Å²) in [5, 5.41) is 11.1. The van der Waals surface area contributed by atoms with Gasteiger partial charge in [0.2, 0.25) is 5.95 Å². The molecule has 10 heteroatoms. The molecule has 2 aromatic carbocycles. The number of piperidine rings is 1. The monoisotopic (exact) mass is 579 g/mol. The van der Waals surface area contributed by atoms with Gasteiger partial charge in [-0.05, 0) is 91.7 Å². The number of hydrogen-bond acceptors (Lipinski definition) is 5. The van der Waals surface area contributed by atoms with Crippen LogP contribution in [0.25, 0.3) is 22.0 Å². The van der Waals surface area contributed by atoms with Crippen molar-refractivity contribution in [2.45, 2.75) is 57.0 Å². The van der Waals surface area contributed by atoms with Crippen LogP contribution in [0.3, 0.4) is 0 Å². The molecule has 6 nitrogen and oxygen atoms in total. The number of pyridine rings is 1.